The first kappa shape index (κ1) is 13.4. The van der Waals surface area contributed by atoms with Crippen molar-refractivity contribution in [3.63, 3.8) is 0 Å². The Bertz CT molecular complexity index is 372. The van der Waals surface area contributed by atoms with E-state index in [1.807, 2.05) is 32.6 Å². The van der Waals surface area contributed by atoms with Crippen LogP contribution in [0.25, 0.3) is 0 Å². The fourth-order valence-electron chi connectivity index (χ4n) is 3.11. The van der Waals surface area contributed by atoms with Gasteiger partial charge in [0.1, 0.15) is 11.1 Å². The van der Waals surface area contributed by atoms with Crippen LogP contribution in [0.15, 0.2) is 0 Å². The van der Waals surface area contributed by atoms with Gasteiger partial charge in [0.25, 0.3) is 0 Å². The van der Waals surface area contributed by atoms with Crippen LogP contribution in [-0.4, -0.2) is 33.8 Å². The highest BCUT2D eigenvalue weighted by atomic mass is 16.2. The predicted molar refractivity (Wildman–Crippen MR) is 70.0 cm³/mol. The lowest BCUT2D eigenvalue weighted by Crippen LogP contribution is -2.74. The summed E-state index contributed by atoms with van der Waals surface area (Å²) < 4.78 is 0. The average Bonchev–Trinajstić information content (AvgIpc) is 2.80. The van der Waals surface area contributed by atoms with Crippen LogP contribution in [0, 0.1) is 0 Å². The maximum Gasteiger partial charge on any atom is 0.249 e. The molecule has 1 N–H and O–H groups in total. The maximum absolute atomic E-state index is 12.7. The standard InChI is InChI=1S/C14H24N2O2/c1-5-14(4)12(18)16(10-8-6-7-9-10)13(2,3)11(17)15-14/h10H,5-9H2,1-4H3,(H,15,17). The zero-order chi connectivity index (χ0) is 13.6. The molecule has 2 fully saturated rings. The minimum Gasteiger partial charge on any atom is -0.340 e. The highest BCUT2D eigenvalue weighted by Crippen LogP contribution is 2.35. The van der Waals surface area contributed by atoms with Gasteiger partial charge in [-0.15, -0.1) is 0 Å². The molecule has 18 heavy (non-hydrogen) atoms. The van der Waals surface area contributed by atoms with E-state index in [2.05, 4.69) is 5.32 Å². The van der Waals surface area contributed by atoms with Gasteiger partial charge in [0.2, 0.25) is 11.8 Å². The topological polar surface area (TPSA) is 49.4 Å². The smallest absolute Gasteiger partial charge is 0.249 e. The summed E-state index contributed by atoms with van der Waals surface area (Å²) >= 11 is 0. The van der Waals surface area contributed by atoms with E-state index in [1.165, 1.54) is 0 Å². The summed E-state index contributed by atoms with van der Waals surface area (Å²) in [6, 6.07) is 0.240. The summed E-state index contributed by atoms with van der Waals surface area (Å²) in [4.78, 5) is 26.9. The van der Waals surface area contributed by atoms with Gasteiger partial charge in [-0.2, -0.15) is 0 Å². The Morgan fingerprint density at radius 2 is 1.78 bits per heavy atom. The minimum absolute atomic E-state index is 0.0293. The van der Waals surface area contributed by atoms with Crippen LogP contribution in [-0.2, 0) is 9.59 Å². The Hall–Kier alpha value is -1.06. The van der Waals surface area contributed by atoms with Crippen molar-refractivity contribution in [1.29, 1.82) is 0 Å². The predicted octanol–water partition coefficient (Wildman–Crippen LogP) is 1.83. The first-order valence-corrected chi connectivity index (χ1v) is 6.99. The van der Waals surface area contributed by atoms with Gasteiger partial charge in [-0.25, -0.2) is 0 Å². The molecular weight excluding hydrogens is 228 g/mol. The van der Waals surface area contributed by atoms with E-state index < -0.39 is 11.1 Å². The van der Waals surface area contributed by atoms with Gasteiger partial charge in [0.15, 0.2) is 0 Å². The van der Waals surface area contributed by atoms with E-state index in [0.29, 0.717) is 6.42 Å². The van der Waals surface area contributed by atoms with Crippen molar-refractivity contribution >= 4 is 11.8 Å². The van der Waals surface area contributed by atoms with Crippen molar-refractivity contribution < 1.29 is 9.59 Å². The van der Waals surface area contributed by atoms with Gasteiger partial charge >= 0.3 is 0 Å². The van der Waals surface area contributed by atoms with Crippen molar-refractivity contribution in [1.82, 2.24) is 10.2 Å². The molecule has 1 saturated carbocycles. The third-order valence-corrected chi connectivity index (χ3v) is 4.64. The molecule has 4 nitrogen and oxygen atoms in total. The number of rotatable bonds is 2. The number of piperazine rings is 1. The molecule has 1 atom stereocenters. The molecule has 0 spiro atoms. The van der Waals surface area contributed by atoms with Gasteiger partial charge in [-0.1, -0.05) is 19.8 Å². The van der Waals surface area contributed by atoms with E-state index >= 15 is 0 Å². The molecule has 0 aromatic rings. The Kier molecular flexibility index (Phi) is 3.16. The third kappa shape index (κ3) is 1.82. The van der Waals surface area contributed by atoms with E-state index in [0.717, 1.165) is 25.7 Å². The second-order valence-electron chi connectivity index (χ2n) is 6.31. The normalized spacial score (nSPS) is 32.8. The van der Waals surface area contributed by atoms with E-state index in [4.69, 9.17) is 0 Å². The Morgan fingerprint density at radius 3 is 2.28 bits per heavy atom. The Labute approximate surface area is 109 Å². The van der Waals surface area contributed by atoms with Gasteiger partial charge in [0.05, 0.1) is 0 Å². The van der Waals surface area contributed by atoms with Crippen molar-refractivity contribution in [3.05, 3.63) is 0 Å². The number of amides is 2. The molecule has 2 amide bonds. The molecular formula is C14H24N2O2. The van der Waals surface area contributed by atoms with E-state index in [-0.39, 0.29) is 17.9 Å². The highest BCUT2D eigenvalue weighted by molar-refractivity contribution is 6.01. The number of nitrogens with one attached hydrogen (secondary N) is 1. The molecule has 1 aliphatic carbocycles. The zero-order valence-corrected chi connectivity index (χ0v) is 11.9. The third-order valence-electron chi connectivity index (χ3n) is 4.64. The summed E-state index contributed by atoms with van der Waals surface area (Å²) in [5.74, 6) is 0.0554. The molecule has 1 aliphatic heterocycles. The van der Waals surface area contributed by atoms with Crippen LogP contribution in [0.1, 0.15) is 59.8 Å². The van der Waals surface area contributed by atoms with Crippen LogP contribution in [0.4, 0.5) is 0 Å². The van der Waals surface area contributed by atoms with Crippen LogP contribution in [0.2, 0.25) is 0 Å². The SMILES string of the molecule is CCC1(C)NC(=O)C(C)(C)N(C2CCCC2)C1=O. The van der Waals surface area contributed by atoms with Crippen LogP contribution in [0.3, 0.4) is 0 Å². The van der Waals surface area contributed by atoms with Crippen molar-refractivity contribution in [2.75, 3.05) is 0 Å². The maximum atomic E-state index is 12.7. The monoisotopic (exact) mass is 252 g/mol. The highest BCUT2D eigenvalue weighted by Gasteiger charge is 2.53. The van der Waals surface area contributed by atoms with Gasteiger partial charge < -0.3 is 10.2 Å². The minimum atomic E-state index is -0.727. The molecule has 102 valence electrons. The van der Waals surface area contributed by atoms with Crippen molar-refractivity contribution in [2.24, 2.45) is 0 Å². The average molecular weight is 252 g/mol. The lowest BCUT2D eigenvalue weighted by molar-refractivity contribution is -0.163. The number of carbonyl (C=O) groups is 2. The lowest BCUT2D eigenvalue weighted by Gasteiger charge is -2.51. The van der Waals surface area contributed by atoms with Crippen molar-refractivity contribution in [3.8, 4) is 0 Å². The summed E-state index contributed by atoms with van der Waals surface area (Å²) in [6.07, 6.45) is 5.02. The van der Waals surface area contributed by atoms with E-state index in [9.17, 15) is 9.59 Å². The molecule has 1 saturated heterocycles. The number of hydrogen-bond donors (Lipinski definition) is 1. The molecule has 2 rings (SSSR count). The largest absolute Gasteiger partial charge is 0.340 e. The molecule has 2 aliphatic rings. The summed E-state index contributed by atoms with van der Waals surface area (Å²) in [7, 11) is 0. The molecule has 4 heteroatoms. The molecule has 1 unspecified atom stereocenters. The van der Waals surface area contributed by atoms with Crippen LogP contribution in [0.5, 0.6) is 0 Å². The summed E-state index contributed by atoms with van der Waals surface area (Å²) in [5.41, 5.74) is -1.45. The lowest BCUT2D eigenvalue weighted by atomic mass is 9.85. The summed E-state index contributed by atoms with van der Waals surface area (Å²) in [6.45, 7) is 7.50. The molecule has 0 aromatic carbocycles. The molecule has 1 heterocycles. The summed E-state index contributed by atoms with van der Waals surface area (Å²) in [5, 5.41) is 2.91. The van der Waals surface area contributed by atoms with Crippen molar-refractivity contribution in [2.45, 2.75) is 76.9 Å². The first-order valence-electron chi connectivity index (χ1n) is 6.99. The van der Waals surface area contributed by atoms with Crippen LogP contribution < -0.4 is 5.32 Å². The second kappa shape index (κ2) is 4.25. The quantitative estimate of drug-likeness (QED) is 0.815. The Balaban J connectivity index is 2.37. The molecule has 0 radical (unpaired) electrons. The number of carbonyl (C=O) groups excluding carboxylic acids is 2. The fourth-order valence-corrected chi connectivity index (χ4v) is 3.11. The zero-order valence-electron chi connectivity index (χ0n) is 11.9. The van der Waals surface area contributed by atoms with E-state index in [1.54, 1.807) is 0 Å². The first-order chi connectivity index (χ1) is 8.33. The van der Waals surface area contributed by atoms with Gasteiger partial charge in [-0.3, -0.25) is 9.59 Å². The second-order valence-corrected chi connectivity index (χ2v) is 6.31. The number of nitrogens with zero attached hydrogens (tertiary/aromatic N) is 1. The molecule has 0 aromatic heterocycles. The van der Waals surface area contributed by atoms with Gasteiger partial charge in [-0.05, 0) is 40.0 Å². The van der Waals surface area contributed by atoms with Crippen LogP contribution >= 0.6 is 0 Å². The van der Waals surface area contributed by atoms with Gasteiger partial charge in [0, 0.05) is 6.04 Å². The molecule has 0 bridgehead atoms. The Morgan fingerprint density at radius 1 is 1.22 bits per heavy atom. The number of hydrogen-bond acceptors (Lipinski definition) is 2. The fraction of sp³-hybridized carbons (Fsp3) is 0.857.